The number of methoxy groups -OCH3 is 1. The molecule has 0 heterocycles. The number of nitro groups is 1. The van der Waals surface area contributed by atoms with Gasteiger partial charge in [0.15, 0.2) is 0 Å². The normalized spacial score (nSPS) is 9.47. The predicted molar refractivity (Wildman–Crippen MR) is 58.3 cm³/mol. The third-order valence-corrected chi connectivity index (χ3v) is 1.84. The molecule has 7 nitrogen and oxygen atoms in total. The minimum atomic E-state index is -0.817. The van der Waals surface area contributed by atoms with Crippen LogP contribution in [0.3, 0.4) is 0 Å². The number of amides is 1. The van der Waals surface area contributed by atoms with E-state index in [1.165, 1.54) is 31.4 Å². The predicted octanol–water partition coefficient (Wildman–Crippen LogP) is 0.688. The molecule has 1 N–H and O–H groups in total. The highest BCUT2D eigenvalue weighted by Crippen LogP contribution is 2.11. The van der Waals surface area contributed by atoms with Gasteiger partial charge in [0.1, 0.15) is 0 Å². The second-order valence-corrected chi connectivity index (χ2v) is 3.11. The lowest BCUT2D eigenvalue weighted by atomic mass is 10.2. The topological polar surface area (TPSA) is 98.5 Å². The molecule has 1 rings (SSSR count). The highest BCUT2D eigenvalue weighted by Gasteiger charge is 2.11. The minimum absolute atomic E-state index is 0.256. The van der Waals surface area contributed by atoms with Crippen LogP contribution in [0, 0.1) is 10.1 Å². The maximum Gasteiger partial charge on any atom is 0.337 e. The van der Waals surface area contributed by atoms with E-state index in [-0.39, 0.29) is 5.56 Å². The summed E-state index contributed by atoms with van der Waals surface area (Å²) in [5, 5.41) is 12.4. The van der Waals surface area contributed by atoms with Crippen molar-refractivity contribution in [2.24, 2.45) is 0 Å². The van der Waals surface area contributed by atoms with Gasteiger partial charge in [-0.25, -0.2) is 4.79 Å². The van der Waals surface area contributed by atoms with Gasteiger partial charge in [-0.05, 0) is 18.2 Å². The first-order chi connectivity index (χ1) is 8.02. The second kappa shape index (κ2) is 5.59. The van der Waals surface area contributed by atoms with Gasteiger partial charge >= 0.3 is 5.97 Å². The van der Waals surface area contributed by atoms with Gasteiger partial charge in [0.2, 0.25) is 0 Å². The Bertz CT molecular complexity index is 458. The SMILES string of the molecule is COC(=O)c1cccc(NC(=O)C[N+](=O)[O-])c1. The van der Waals surface area contributed by atoms with Gasteiger partial charge < -0.3 is 10.1 Å². The molecule has 0 aliphatic heterocycles. The quantitative estimate of drug-likeness (QED) is 0.472. The first-order valence-corrected chi connectivity index (χ1v) is 4.63. The highest BCUT2D eigenvalue weighted by molar-refractivity contribution is 5.94. The molecule has 0 radical (unpaired) electrons. The number of anilines is 1. The van der Waals surface area contributed by atoms with E-state index >= 15 is 0 Å². The lowest BCUT2D eigenvalue weighted by molar-refractivity contribution is -0.467. The van der Waals surface area contributed by atoms with E-state index < -0.39 is 23.3 Å². The summed E-state index contributed by atoms with van der Waals surface area (Å²) >= 11 is 0. The Balaban J connectivity index is 2.75. The monoisotopic (exact) mass is 238 g/mol. The summed E-state index contributed by atoms with van der Waals surface area (Å²) in [5.41, 5.74) is 0.561. The maximum atomic E-state index is 11.2. The molecule has 0 saturated carbocycles. The van der Waals surface area contributed by atoms with E-state index in [0.29, 0.717) is 5.69 Å². The average molecular weight is 238 g/mol. The third kappa shape index (κ3) is 3.90. The van der Waals surface area contributed by atoms with E-state index in [1.54, 1.807) is 0 Å². The summed E-state index contributed by atoms with van der Waals surface area (Å²) in [6.07, 6.45) is 0. The third-order valence-electron chi connectivity index (χ3n) is 1.84. The fraction of sp³-hybridized carbons (Fsp3) is 0.200. The van der Waals surface area contributed by atoms with E-state index in [9.17, 15) is 19.7 Å². The summed E-state index contributed by atoms with van der Waals surface area (Å²) in [6, 6.07) is 5.94. The van der Waals surface area contributed by atoms with E-state index in [4.69, 9.17) is 0 Å². The smallest absolute Gasteiger partial charge is 0.337 e. The summed E-state index contributed by atoms with van der Waals surface area (Å²) in [6.45, 7) is -0.817. The van der Waals surface area contributed by atoms with Gasteiger partial charge in [0, 0.05) is 10.6 Å². The molecule has 90 valence electrons. The molecule has 0 atom stereocenters. The van der Waals surface area contributed by atoms with Crippen molar-refractivity contribution in [2.45, 2.75) is 0 Å². The molecule has 17 heavy (non-hydrogen) atoms. The molecule has 1 aromatic carbocycles. The number of rotatable bonds is 4. The molecule has 0 aliphatic rings. The van der Waals surface area contributed by atoms with Crippen LogP contribution in [0.1, 0.15) is 10.4 Å². The van der Waals surface area contributed by atoms with Crippen LogP contribution in [0.25, 0.3) is 0 Å². The molecule has 0 aliphatic carbocycles. The van der Waals surface area contributed by atoms with Crippen molar-refractivity contribution in [1.82, 2.24) is 0 Å². The zero-order chi connectivity index (χ0) is 12.8. The summed E-state index contributed by atoms with van der Waals surface area (Å²) in [7, 11) is 1.24. The van der Waals surface area contributed by atoms with Crippen LogP contribution in [-0.2, 0) is 9.53 Å². The Morgan fingerprint density at radius 3 is 2.76 bits per heavy atom. The van der Waals surface area contributed by atoms with Crippen molar-refractivity contribution in [3.05, 3.63) is 39.9 Å². The number of carbonyl (C=O) groups excluding carboxylic acids is 2. The van der Waals surface area contributed by atoms with Gasteiger partial charge in [0.25, 0.3) is 12.5 Å². The van der Waals surface area contributed by atoms with Gasteiger partial charge in [-0.2, -0.15) is 0 Å². The summed E-state index contributed by atoms with van der Waals surface area (Å²) in [5.74, 6) is -1.30. The zero-order valence-electron chi connectivity index (χ0n) is 9.00. The number of hydrogen-bond donors (Lipinski definition) is 1. The number of ether oxygens (including phenoxy) is 1. The largest absolute Gasteiger partial charge is 0.465 e. The molecular formula is C10H10N2O5. The highest BCUT2D eigenvalue weighted by atomic mass is 16.6. The first kappa shape index (κ1) is 12.6. The fourth-order valence-corrected chi connectivity index (χ4v) is 1.16. The van der Waals surface area contributed by atoms with Crippen molar-refractivity contribution in [3.8, 4) is 0 Å². The molecule has 0 saturated heterocycles. The Kier molecular flexibility index (Phi) is 4.15. The molecule has 7 heteroatoms. The van der Waals surface area contributed by atoms with Crippen LogP contribution < -0.4 is 5.32 Å². The molecule has 0 spiro atoms. The Labute approximate surface area is 96.5 Å². The number of carbonyl (C=O) groups is 2. The van der Waals surface area contributed by atoms with E-state index in [1.807, 2.05) is 0 Å². The second-order valence-electron chi connectivity index (χ2n) is 3.11. The molecule has 0 aromatic heterocycles. The number of esters is 1. The Morgan fingerprint density at radius 2 is 2.18 bits per heavy atom. The van der Waals surface area contributed by atoms with Crippen LogP contribution >= 0.6 is 0 Å². The first-order valence-electron chi connectivity index (χ1n) is 4.63. The van der Waals surface area contributed by atoms with Gasteiger partial charge in [-0.15, -0.1) is 0 Å². The van der Waals surface area contributed by atoms with Crippen LogP contribution in [0.15, 0.2) is 24.3 Å². The molecule has 0 bridgehead atoms. The van der Waals surface area contributed by atoms with E-state index in [2.05, 4.69) is 10.1 Å². The van der Waals surface area contributed by atoms with Gasteiger partial charge in [-0.3, -0.25) is 14.9 Å². The lowest BCUT2D eigenvalue weighted by Gasteiger charge is -2.04. The van der Waals surface area contributed by atoms with Crippen LogP contribution in [-0.4, -0.2) is 30.5 Å². The lowest BCUT2D eigenvalue weighted by Crippen LogP contribution is -2.21. The molecule has 0 fully saturated rings. The summed E-state index contributed by atoms with van der Waals surface area (Å²) in [4.78, 5) is 31.6. The fourth-order valence-electron chi connectivity index (χ4n) is 1.16. The maximum absolute atomic E-state index is 11.2. The van der Waals surface area contributed by atoms with Crippen molar-refractivity contribution < 1.29 is 19.2 Å². The van der Waals surface area contributed by atoms with Crippen LogP contribution in [0.5, 0.6) is 0 Å². The van der Waals surface area contributed by atoms with Crippen molar-refractivity contribution in [3.63, 3.8) is 0 Å². The summed E-state index contributed by atoms with van der Waals surface area (Å²) < 4.78 is 4.50. The van der Waals surface area contributed by atoms with Crippen LogP contribution in [0.2, 0.25) is 0 Å². The Morgan fingerprint density at radius 1 is 1.47 bits per heavy atom. The Hall–Kier alpha value is -2.44. The van der Waals surface area contributed by atoms with Crippen LogP contribution in [0.4, 0.5) is 5.69 Å². The molecular weight excluding hydrogens is 228 g/mol. The van der Waals surface area contributed by atoms with Gasteiger partial charge in [0.05, 0.1) is 12.7 Å². The van der Waals surface area contributed by atoms with Crippen molar-refractivity contribution >= 4 is 17.6 Å². The number of benzene rings is 1. The molecule has 1 amide bonds. The van der Waals surface area contributed by atoms with Crippen molar-refractivity contribution in [2.75, 3.05) is 19.0 Å². The van der Waals surface area contributed by atoms with Crippen molar-refractivity contribution in [1.29, 1.82) is 0 Å². The molecule has 0 unspecified atom stereocenters. The zero-order valence-corrected chi connectivity index (χ0v) is 9.00. The number of nitrogens with one attached hydrogen (secondary N) is 1. The van der Waals surface area contributed by atoms with E-state index in [0.717, 1.165) is 0 Å². The average Bonchev–Trinajstić information content (AvgIpc) is 2.27. The standard InChI is InChI=1S/C10H10N2O5/c1-17-10(14)7-3-2-4-8(5-7)11-9(13)6-12(15)16/h2-5H,6H2,1H3,(H,11,13). The van der Waals surface area contributed by atoms with Gasteiger partial charge in [-0.1, -0.05) is 6.07 Å². The number of nitrogens with zero attached hydrogens (tertiary/aromatic N) is 1. The minimum Gasteiger partial charge on any atom is -0.465 e. The number of hydrogen-bond acceptors (Lipinski definition) is 5. The molecule has 1 aromatic rings.